The maximum atomic E-state index is 12.8. The molecule has 0 saturated heterocycles. The van der Waals surface area contributed by atoms with Gasteiger partial charge >= 0.3 is 5.97 Å². The Hall–Kier alpha value is -1.55. The molecule has 136 valence electrons. The predicted molar refractivity (Wildman–Crippen MR) is 98.3 cm³/mol. The summed E-state index contributed by atoms with van der Waals surface area (Å²) in [7, 11) is 0. The van der Waals surface area contributed by atoms with E-state index in [2.05, 4.69) is 26.1 Å². The van der Waals surface area contributed by atoms with E-state index in [1.807, 2.05) is 19.1 Å². The molecule has 2 N–H and O–H groups in total. The van der Waals surface area contributed by atoms with E-state index >= 15 is 0 Å². The SMILES string of the molecule is CC(C)c1ccc2c(c1Cl)C(=O)NC[C@H]1[C@](C)(C(=O)O)CCC[C@]21C. The lowest BCUT2D eigenvalue weighted by atomic mass is 9.53. The van der Waals surface area contributed by atoms with E-state index in [0.29, 0.717) is 23.6 Å². The Bertz CT molecular complexity index is 745. The molecule has 0 spiro atoms. The Morgan fingerprint density at radius 2 is 2.00 bits per heavy atom. The maximum Gasteiger partial charge on any atom is 0.309 e. The second-order valence-corrected chi connectivity index (χ2v) is 8.68. The Balaban J connectivity index is 2.25. The van der Waals surface area contributed by atoms with Crippen molar-refractivity contribution in [2.75, 3.05) is 6.54 Å². The van der Waals surface area contributed by atoms with E-state index in [1.54, 1.807) is 0 Å². The summed E-state index contributed by atoms with van der Waals surface area (Å²) in [4.78, 5) is 24.9. The van der Waals surface area contributed by atoms with Crippen LogP contribution in [0.4, 0.5) is 0 Å². The number of carboxylic acid groups (broad SMARTS) is 1. The van der Waals surface area contributed by atoms with Crippen molar-refractivity contribution in [3.8, 4) is 0 Å². The highest BCUT2D eigenvalue weighted by molar-refractivity contribution is 6.35. The number of carboxylic acids is 1. The standard InChI is InChI=1S/C20H26ClNO3/c1-11(2)12-6-7-13-15(16(12)21)17(23)22-10-14-19(13,3)8-5-9-20(14,4)18(24)25/h6-7,11,14H,5,8-10H2,1-4H3,(H,22,23)(H,24,25)/t14-,19-,20-/m1/s1. The van der Waals surface area contributed by atoms with Gasteiger partial charge in [-0.15, -0.1) is 0 Å². The molecule has 3 atom stereocenters. The molecular weight excluding hydrogens is 338 g/mol. The van der Waals surface area contributed by atoms with Gasteiger partial charge in [0.05, 0.1) is 16.0 Å². The molecule has 0 bridgehead atoms. The van der Waals surface area contributed by atoms with Gasteiger partial charge in [0, 0.05) is 12.5 Å². The minimum atomic E-state index is -0.856. The van der Waals surface area contributed by atoms with Crippen LogP contribution in [0.3, 0.4) is 0 Å². The molecule has 1 amide bonds. The third-order valence-corrected chi connectivity index (χ3v) is 6.93. The van der Waals surface area contributed by atoms with Crippen LogP contribution in [0, 0.1) is 11.3 Å². The van der Waals surface area contributed by atoms with Gasteiger partial charge in [-0.2, -0.15) is 0 Å². The lowest BCUT2D eigenvalue weighted by Crippen LogP contribution is -2.53. The van der Waals surface area contributed by atoms with E-state index < -0.39 is 11.4 Å². The van der Waals surface area contributed by atoms with Crippen LogP contribution >= 0.6 is 11.6 Å². The highest BCUT2D eigenvalue weighted by Gasteiger charge is 2.55. The zero-order valence-corrected chi connectivity index (χ0v) is 16.0. The van der Waals surface area contributed by atoms with Crippen LogP contribution in [-0.2, 0) is 10.2 Å². The number of nitrogens with one attached hydrogen (secondary N) is 1. The number of hydrogen-bond donors (Lipinski definition) is 2. The molecule has 0 radical (unpaired) electrons. The fourth-order valence-electron chi connectivity index (χ4n) is 4.92. The van der Waals surface area contributed by atoms with Crippen molar-refractivity contribution in [2.45, 2.75) is 58.3 Å². The summed E-state index contributed by atoms with van der Waals surface area (Å²) in [6.07, 6.45) is 2.32. The van der Waals surface area contributed by atoms with Gasteiger partial charge in [0.15, 0.2) is 0 Å². The molecule has 4 nitrogen and oxygen atoms in total. The normalized spacial score (nSPS) is 31.8. The van der Waals surface area contributed by atoms with Gasteiger partial charge in [-0.1, -0.05) is 50.9 Å². The van der Waals surface area contributed by atoms with Crippen molar-refractivity contribution in [1.82, 2.24) is 5.32 Å². The van der Waals surface area contributed by atoms with Gasteiger partial charge in [-0.25, -0.2) is 0 Å². The lowest BCUT2D eigenvalue weighted by Gasteiger charge is -2.50. The number of carbonyl (C=O) groups is 2. The molecule has 1 aliphatic heterocycles. The van der Waals surface area contributed by atoms with E-state index in [4.69, 9.17) is 11.6 Å². The van der Waals surface area contributed by atoms with Crippen LogP contribution in [-0.4, -0.2) is 23.5 Å². The predicted octanol–water partition coefficient (Wildman–Crippen LogP) is 4.36. The second-order valence-electron chi connectivity index (χ2n) is 8.30. The van der Waals surface area contributed by atoms with Crippen molar-refractivity contribution in [3.05, 3.63) is 33.8 Å². The average Bonchev–Trinajstić information content (AvgIpc) is 2.64. The zero-order chi connectivity index (χ0) is 18.6. The summed E-state index contributed by atoms with van der Waals surface area (Å²) in [6.45, 7) is 8.38. The molecule has 1 fully saturated rings. The fourth-order valence-corrected chi connectivity index (χ4v) is 5.39. The first kappa shape index (κ1) is 18.2. The third kappa shape index (κ3) is 2.57. The summed E-state index contributed by atoms with van der Waals surface area (Å²) in [5, 5.41) is 13.4. The molecule has 1 aromatic rings. The molecule has 0 aromatic heterocycles. The quantitative estimate of drug-likeness (QED) is 0.820. The van der Waals surface area contributed by atoms with Crippen molar-refractivity contribution in [1.29, 1.82) is 0 Å². The van der Waals surface area contributed by atoms with E-state index in [9.17, 15) is 14.7 Å². The minimum absolute atomic E-state index is 0.169. The second kappa shape index (κ2) is 6.01. The molecule has 1 aliphatic carbocycles. The number of carbonyl (C=O) groups excluding carboxylic acids is 1. The molecule has 1 heterocycles. The van der Waals surface area contributed by atoms with Crippen molar-refractivity contribution < 1.29 is 14.7 Å². The number of aliphatic carboxylic acids is 1. The number of benzene rings is 1. The highest BCUT2D eigenvalue weighted by atomic mass is 35.5. The van der Waals surface area contributed by atoms with Gasteiger partial charge in [0.2, 0.25) is 0 Å². The topological polar surface area (TPSA) is 66.4 Å². The van der Waals surface area contributed by atoms with Crippen LogP contribution in [0.5, 0.6) is 0 Å². The van der Waals surface area contributed by atoms with Gasteiger partial charge in [0.1, 0.15) is 0 Å². The van der Waals surface area contributed by atoms with Gasteiger partial charge in [-0.3, -0.25) is 9.59 Å². The summed E-state index contributed by atoms with van der Waals surface area (Å²) in [5.74, 6) is -0.928. The Kier molecular flexibility index (Phi) is 4.39. The number of halogens is 1. The van der Waals surface area contributed by atoms with E-state index in [0.717, 1.165) is 24.0 Å². The largest absolute Gasteiger partial charge is 0.481 e. The fraction of sp³-hybridized carbons (Fsp3) is 0.600. The zero-order valence-electron chi connectivity index (χ0n) is 15.3. The summed E-state index contributed by atoms with van der Waals surface area (Å²) in [6, 6.07) is 4.00. The lowest BCUT2D eigenvalue weighted by molar-refractivity contribution is -0.156. The Labute approximate surface area is 153 Å². The minimum Gasteiger partial charge on any atom is -0.481 e. The molecule has 0 unspecified atom stereocenters. The smallest absolute Gasteiger partial charge is 0.309 e. The summed E-state index contributed by atoms with van der Waals surface area (Å²) >= 11 is 6.64. The Morgan fingerprint density at radius 3 is 2.60 bits per heavy atom. The molecule has 5 heteroatoms. The molecule has 2 aliphatic rings. The van der Waals surface area contributed by atoms with Gasteiger partial charge < -0.3 is 10.4 Å². The van der Waals surface area contributed by atoms with Crippen molar-refractivity contribution in [2.24, 2.45) is 11.3 Å². The molecule has 1 aromatic carbocycles. The number of hydrogen-bond acceptors (Lipinski definition) is 2. The molecule has 25 heavy (non-hydrogen) atoms. The monoisotopic (exact) mass is 363 g/mol. The van der Waals surface area contributed by atoms with Crippen LogP contribution in [0.2, 0.25) is 5.02 Å². The number of fused-ring (bicyclic) bond motifs is 3. The van der Waals surface area contributed by atoms with Crippen LogP contribution in [0.25, 0.3) is 0 Å². The molecular formula is C20H26ClNO3. The van der Waals surface area contributed by atoms with Gasteiger partial charge in [-0.05, 0) is 42.2 Å². The Morgan fingerprint density at radius 1 is 1.32 bits per heavy atom. The van der Waals surface area contributed by atoms with Crippen LogP contribution in [0.1, 0.15) is 74.4 Å². The third-order valence-electron chi connectivity index (χ3n) is 6.52. The van der Waals surface area contributed by atoms with Gasteiger partial charge in [0.25, 0.3) is 5.91 Å². The maximum absolute atomic E-state index is 12.8. The first-order chi connectivity index (χ1) is 11.6. The molecule has 3 rings (SSSR count). The highest BCUT2D eigenvalue weighted by Crippen LogP contribution is 2.54. The molecule has 1 saturated carbocycles. The average molecular weight is 364 g/mol. The number of amides is 1. The first-order valence-corrected chi connectivity index (χ1v) is 9.35. The first-order valence-electron chi connectivity index (χ1n) is 8.97. The van der Waals surface area contributed by atoms with Crippen molar-refractivity contribution in [3.63, 3.8) is 0 Å². The van der Waals surface area contributed by atoms with Crippen LogP contribution < -0.4 is 5.32 Å². The number of rotatable bonds is 2. The van der Waals surface area contributed by atoms with E-state index in [1.165, 1.54) is 0 Å². The van der Waals surface area contributed by atoms with Crippen molar-refractivity contribution >= 4 is 23.5 Å². The van der Waals surface area contributed by atoms with E-state index in [-0.39, 0.29) is 23.2 Å². The van der Waals surface area contributed by atoms with Crippen LogP contribution in [0.15, 0.2) is 12.1 Å². The summed E-state index contributed by atoms with van der Waals surface area (Å²) in [5.41, 5.74) is 1.14. The summed E-state index contributed by atoms with van der Waals surface area (Å²) < 4.78 is 0.